The zero-order chi connectivity index (χ0) is 8.91. The van der Waals surface area contributed by atoms with Gasteiger partial charge in [0.05, 0.1) is 0 Å². The van der Waals surface area contributed by atoms with Crippen molar-refractivity contribution in [2.75, 3.05) is 0 Å². The van der Waals surface area contributed by atoms with E-state index in [0.29, 0.717) is 6.42 Å². The van der Waals surface area contributed by atoms with E-state index in [1.165, 1.54) is 0 Å². The van der Waals surface area contributed by atoms with Gasteiger partial charge >= 0.3 is 6.18 Å². The van der Waals surface area contributed by atoms with Crippen LogP contribution in [0.25, 0.3) is 0 Å². The third kappa shape index (κ3) is 7.65. The second-order valence-corrected chi connectivity index (χ2v) is 2.68. The van der Waals surface area contributed by atoms with Crippen LogP contribution in [-0.2, 0) is 0 Å². The molecule has 0 aromatic carbocycles. The Morgan fingerprint density at radius 2 is 1.91 bits per heavy atom. The number of alkyl halides is 3. The van der Waals surface area contributed by atoms with Gasteiger partial charge in [-0.2, -0.15) is 13.2 Å². The molecule has 0 aromatic heterocycles. The fourth-order valence-corrected chi connectivity index (χ4v) is 0.769. The van der Waals surface area contributed by atoms with Crippen LogP contribution in [0.2, 0.25) is 0 Å². The molecular formula is C7H14F3N. The molecule has 0 fully saturated rings. The predicted molar refractivity (Wildman–Crippen MR) is 38.2 cm³/mol. The molecule has 11 heavy (non-hydrogen) atoms. The molecule has 0 saturated carbocycles. The van der Waals surface area contributed by atoms with Crippen LogP contribution in [0.3, 0.4) is 0 Å². The molecule has 0 aliphatic heterocycles. The van der Waals surface area contributed by atoms with E-state index in [2.05, 4.69) is 0 Å². The molecule has 0 amide bonds. The Balaban J connectivity index is 3.28. The van der Waals surface area contributed by atoms with Crippen molar-refractivity contribution in [1.82, 2.24) is 0 Å². The molecule has 0 spiro atoms. The summed E-state index contributed by atoms with van der Waals surface area (Å²) in [6.45, 7) is 1.87. The summed E-state index contributed by atoms with van der Waals surface area (Å²) < 4.78 is 34.7. The first-order chi connectivity index (χ1) is 4.95. The van der Waals surface area contributed by atoms with Crippen molar-refractivity contribution in [1.29, 1.82) is 0 Å². The number of nitrogens with two attached hydrogens (primary N) is 1. The first-order valence-electron chi connectivity index (χ1n) is 3.78. The van der Waals surface area contributed by atoms with E-state index in [9.17, 15) is 13.2 Å². The highest BCUT2D eigenvalue weighted by atomic mass is 19.4. The molecule has 0 radical (unpaired) electrons. The van der Waals surface area contributed by atoms with Crippen molar-refractivity contribution < 1.29 is 13.2 Å². The summed E-state index contributed by atoms with van der Waals surface area (Å²) in [5.41, 5.74) is 5.43. The SMILES string of the molecule is CCC(N)CCCC(F)(F)F. The minimum atomic E-state index is -4.02. The third-order valence-electron chi connectivity index (χ3n) is 1.56. The summed E-state index contributed by atoms with van der Waals surface area (Å²) in [5.74, 6) is 0. The number of hydrogen-bond donors (Lipinski definition) is 1. The Morgan fingerprint density at radius 1 is 1.36 bits per heavy atom. The smallest absolute Gasteiger partial charge is 0.328 e. The molecule has 1 nitrogen and oxygen atoms in total. The molecule has 2 N–H and O–H groups in total. The monoisotopic (exact) mass is 169 g/mol. The van der Waals surface area contributed by atoms with Crippen molar-refractivity contribution in [3.05, 3.63) is 0 Å². The molecule has 0 rings (SSSR count). The van der Waals surface area contributed by atoms with Gasteiger partial charge in [0.25, 0.3) is 0 Å². The van der Waals surface area contributed by atoms with Crippen LogP contribution >= 0.6 is 0 Å². The van der Waals surface area contributed by atoms with Crippen LogP contribution < -0.4 is 5.73 Å². The van der Waals surface area contributed by atoms with Crippen LogP contribution in [0.15, 0.2) is 0 Å². The minimum Gasteiger partial charge on any atom is -0.328 e. The molecule has 1 atom stereocenters. The van der Waals surface area contributed by atoms with Crippen LogP contribution in [0, 0.1) is 0 Å². The molecular weight excluding hydrogens is 155 g/mol. The van der Waals surface area contributed by atoms with Crippen molar-refractivity contribution >= 4 is 0 Å². The van der Waals surface area contributed by atoms with E-state index in [0.717, 1.165) is 6.42 Å². The maximum Gasteiger partial charge on any atom is 0.389 e. The van der Waals surface area contributed by atoms with Gasteiger partial charge in [0.2, 0.25) is 0 Å². The Morgan fingerprint density at radius 3 is 2.27 bits per heavy atom. The lowest BCUT2D eigenvalue weighted by molar-refractivity contribution is -0.135. The summed E-state index contributed by atoms with van der Waals surface area (Å²) >= 11 is 0. The van der Waals surface area contributed by atoms with Crippen molar-refractivity contribution in [2.24, 2.45) is 5.73 Å². The van der Waals surface area contributed by atoms with Gasteiger partial charge in [0.1, 0.15) is 0 Å². The molecule has 0 heterocycles. The lowest BCUT2D eigenvalue weighted by atomic mass is 10.1. The first kappa shape index (κ1) is 10.8. The highest BCUT2D eigenvalue weighted by Crippen LogP contribution is 2.22. The number of halogens is 3. The van der Waals surface area contributed by atoms with Gasteiger partial charge in [0, 0.05) is 12.5 Å². The Kier molecular flexibility index (Phi) is 4.49. The van der Waals surface area contributed by atoms with Gasteiger partial charge in [-0.05, 0) is 19.3 Å². The second-order valence-electron chi connectivity index (χ2n) is 2.68. The highest BCUT2D eigenvalue weighted by molar-refractivity contribution is 4.60. The zero-order valence-corrected chi connectivity index (χ0v) is 6.62. The molecule has 0 aliphatic rings. The molecule has 68 valence electrons. The highest BCUT2D eigenvalue weighted by Gasteiger charge is 2.26. The number of hydrogen-bond acceptors (Lipinski definition) is 1. The fourth-order valence-electron chi connectivity index (χ4n) is 0.769. The Bertz CT molecular complexity index is 100. The molecule has 0 saturated heterocycles. The standard InChI is InChI=1S/C7H14F3N/c1-2-6(11)4-3-5-7(8,9)10/h6H,2-5,11H2,1H3. The van der Waals surface area contributed by atoms with Crippen LogP contribution in [0.5, 0.6) is 0 Å². The normalized spacial score (nSPS) is 15.0. The van der Waals surface area contributed by atoms with Gasteiger partial charge in [-0.3, -0.25) is 0 Å². The van der Waals surface area contributed by atoms with E-state index in [-0.39, 0.29) is 12.5 Å². The van der Waals surface area contributed by atoms with E-state index in [1.54, 1.807) is 0 Å². The lowest BCUT2D eigenvalue weighted by Crippen LogP contribution is -2.19. The summed E-state index contributed by atoms with van der Waals surface area (Å²) in [7, 11) is 0. The van der Waals surface area contributed by atoms with Gasteiger partial charge in [-0.15, -0.1) is 0 Å². The molecule has 0 bridgehead atoms. The van der Waals surface area contributed by atoms with Crippen molar-refractivity contribution in [3.8, 4) is 0 Å². The van der Waals surface area contributed by atoms with Gasteiger partial charge in [0.15, 0.2) is 0 Å². The fraction of sp³-hybridized carbons (Fsp3) is 1.00. The maximum absolute atomic E-state index is 11.6. The molecule has 0 aliphatic carbocycles. The average molecular weight is 169 g/mol. The van der Waals surface area contributed by atoms with Gasteiger partial charge in [-0.25, -0.2) is 0 Å². The summed E-state index contributed by atoms with van der Waals surface area (Å²) in [6, 6.07) is -0.0719. The summed E-state index contributed by atoms with van der Waals surface area (Å²) in [4.78, 5) is 0. The molecule has 0 aromatic rings. The summed E-state index contributed by atoms with van der Waals surface area (Å²) in [5, 5.41) is 0. The van der Waals surface area contributed by atoms with Crippen molar-refractivity contribution in [2.45, 2.75) is 44.8 Å². The lowest BCUT2D eigenvalue weighted by Gasteiger charge is -2.09. The van der Waals surface area contributed by atoms with Crippen LogP contribution in [-0.4, -0.2) is 12.2 Å². The van der Waals surface area contributed by atoms with Gasteiger partial charge < -0.3 is 5.73 Å². The number of rotatable bonds is 4. The molecule has 1 unspecified atom stereocenters. The van der Waals surface area contributed by atoms with E-state index >= 15 is 0 Å². The summed E-state index contributed by atoms with van der Waals surface area (Å²) in [6.07, 6.45) is -3.36. The topological polar surface area (TPSA) is 26.0 Å². The zero-order valence-electron chi connectivity index (χ0n) is 6.62. The van der Waals surface area contributed by atoms with Crippen LogP contribution in [0.4, 0.5) is 13.2 Å². The average Bonchev–Trinajstić information content (AvgIpc) is 1.85. The Labute approximate surface area is 64.8 Å². The second kappa shape index (κ2) is 4.59. The quantitative estimate of drug-likeness (QED) is 0.687. The minimum absolute atomic E-state index is 0.0719. The third-order valence-corrected chi connectivity index (χ3v) is 1.56. The van der Waals surface area contributed by atoms with Crippen molar-refractivity contribution in [3.63, 3.8) is 0 Å². The van der Waals surface area contributed by atoms with Crippen LogP contribution in [0.1, 0.15) is 32.6 Å². The first-order valence-corrected chi connectivity index (χ1v) is 3.78. The largest absolute Gasteiger partial charge is 0.389 e. The maximum atomic E-state index is 11.6. The van der Waals surface area contributed by atoms with E-state index < -0.39 is 12.6 Å². The predicted octanol–water partition coefficient (Wildman–Crippen LogP) is 2.46. The van der Waals surface area contributed by atoms with Gasteiger partial charge in [-0.1, -0.05) is 6.92 Å². The Hall–Kier alpha value is -0.250. The van der Waals surface area contributed by atoms with E-state index in [4.69, 9.17) is 5.73 Å². The molecule has 4 heteroatoms. The van der Waals surface area contributed by atoms with E-state index in [1.807, 2.05) is 6.92 Å².